The van der Waals surface area contributed by atoms with Gasteiger partial charge in [-0.3, -0.25) is 9.36 Å². The van der Waals surface area contributed by atoms with Crippen LogP contribution >= 0.6 is 0 Å². The molecule has 3 heterocycles. The number of carbonyl (C=O) groups excluding carboxylic acids is 1. The summed E-state index contributed by atoms with van der Waals surface area (Å²) >= 11 is 0. The second-order valence-corrected chi connectivity index (χ2v) is 5.08. The number of fused-ring (bicyclic) bond motifs is 1. The fourth-order valence-electron chi connectivity index (χ4n) is 2.48. The average molecular weight is 309 g/mol. The summed E-state index contributed by atoms with van der Waals surface area (Å²) in [5, 5.41) is 8.95. The summed E-state index contributed by atoms with van der Waals surface area (Å²) in [6, 6.07) is 0.379. The molecule has 1 atom stereocenters. The van der Waals surface area contributed by atoms with E-state index in [4.69, 9.17) is 0 Å². The maximum atomic E-state index is 13.5. The van der Waals surface area contributed by atoms with Crippen molar-refractivity contribution in [1.82, 2.24) is 25.1 Å². The van der Waals surface area contributed by atoms with Gasteiger partial charge in [0, 0.05) is 25.1 Å². The third-order valence-electron chi connectivity index (χ3n) is 3.61. The largest absolute Gasteiger partial charge is 0.348 e. The quantitative estimate of drug-likeness (QED) is 0.839. The number of pyridine rings is 1. The molecule has 1 amide bonds. The fraction of sp³-hybridized carbons (Fsp3) is 0.385. The number of rotatable bonds is 2. The van der Waals surface area contributed by atoms with E-state index in [1.54, 1.807) is 0 Å². The number of aromatic nitrogens is 4. The van der Waals surface area contributed by atoms with E-state index in [0.29, 0.717) is 37.7 Å². The second kappa shape index (κ2) is 5.66. The summed E-state index contributed by atoms with van der Waals surface area (Å²) in [7, 11) is 0. The zero-order valence-electron chi connectivity index (χ0n) is 11.5. The topological polar surface area (TPSA) is 92.7 Å². The molecule has 0 aliphatic carbocycles. The minimum absolute atomic E-state index is 0.236. The molecule has 2 aromatic rings. The van der Waals surface area contributed by atoms with Gasteiger partial charge in [0.05, 0.1) is 6.20 Å². The van der Waals surface area contributed by atoms with Crippen LogP contribution < -0.4 is 11.0 Å². The van der Waals surface area contributed by atoms with Crippen molar-refractivity contribution in [3.8, 4) is 0 Å². The van der Waals surface area contributed by atoms with Gasteiger partial charge >= 0.3 is 5.69 Å². The first kappa shape index (κ1) is 14.4. The zero-order chi connectivity index (χ0) is 15.7. The van der Waals surface area contributed by atoms with Crippen molar-refractivity contribution in [2.45, 2.75) is 31.8 Å². The maximum absolute atomic E-state index is 13.5. The Morgan fingerprint density at radius 1 is 1.41 bits per heavy atom. The molecule has 1 unspecified atom stereocenters. The summed E-state index contributed by atoms with van der Waals surface area (Å²) in [4.78, 5) is 27.0. The number of hydrogen-bond acceptors (Lipinski definition) is 4. The van der Waals surface area contributed by atoms with E-state index in [0.717, 1.165) is 6.20 Å². The van der Waals surface area contributed by atoms with Crippen molar-refractivity contribution in [2.75, 3.05) is 0 Å². The highest BCUT2D eigenvalue weighted by atomic mass is 19.1. The lowest BCUT2D eigenvalue weighted by Gasteiger charge is -2.15. The van der Waals surface area contributed by atoms with Crippen molar-refractivity contribution in [2.24, 2.45) is 0 Å². The number of nitrogens with zero attached hydrogens (tertiary/aromatic N) is 3. The number of aryl methyl sites for hydroxylation is 1. The van der Waals surface area contributed by atoms with Crippen LogP contribution in [0, 0.1) is 11.6 Å². The molecule has 9 heteroatoms. The molecule has 22 heavy (non-hydrogen) atoms. The molecule has 0 bridgehead atoms. The zero-order valence-corrected chi connectivity index (χ0v) is 11.5. The van der Waals surface area contributed by atoms with Crippen molar-refractivity contribution < 1.29 is 13.6 Å². The lowest BCUT2D eigenvalue weighted by Crippen LogP contribution is -2.36. The van der Waals surface area contributed by atoms with Crippen LogP contribution in [0.25, 0.3) is 0 Å². The molecule has 3 rings (SSSR count). The van der Waals surface area contributed by atoms with Gasteiger partial charge in [0.1, 0.15) is 11.6 Å². The van der Waals surface area contributed by atoms with Gasteiger partial charge in [0.2, 0.25) is 0 Å². The normalized spacial score (nSPS) is 17.6. The Bertz CT molecular complexity index is 770. The molecular weight excluding hydrogens is 296 g/mol. The Morgan fingerprint density at radius 2 is 2.23 bits per heavy atom. The van der Waals surface area contributed by atoms with Gasteiger partial charge in [0.15, 0.2) is 11.5 Å². The predicted octanol–water partition coefficient (Wildman–Crippen LogP) is 0.379. The minimum Gasteiger partial charge on any atom is -0.348 e. The van der Waals surface area contributed by atoms with Crippen LogP contribution in [0.15, 0.2) is 17.1 Å². The smallest absolute Gasteiger partial charge is 0.343 e. The highest BCUT2D eigenvalue weighted by Gasteiger charge is 2.22. The monoisotopic (exact) mass is 309 g/mol. The standard InChI is InChI=1S/C13H13F2N5O2/c14-7-5-9(15)11(16-6-7)12(21)17-8-1-2-10-18-19-13(22)20(10)4-3-8/h5-6,8H,1-4H2,(H,17,21)(H,19,22). The van der Waals surface area contributed by atoms with Crippen LogP contribution in [0.2, 0.25) is 0 Å². The number of H-pyrrole nitrogens is 1. The first-order valence-electron chi connectivity index (χ1n) is 6.80. The third-order valence-corrected chi connectivity index (χ3v) is 3.61. The second-order valence-electron chi connectivity index (χ2n) is 5.08. The molecule has 0 radical (unpaired) electrons. The molecule has 0 fully saturated rings. The summed E-state index contributed by atoms with van der Waals surface area (Å²) in [5.74, 6) is -1.91. The Labute approximate surface area is 123 Å². The van der Waals surface area contributed by atoms with Crippen LogP contribution in [-0.4, -0.2) is 31.7 Å². The molecule has 2 aromatic heterocycles. The van der Waals surface area contributed by atoms with E-state index in [-0.39, 0.29) is 11.7 Å². The molecule has 116 valence electrons. The van der Waals surface area contributed by atoms with Crippen LogP contribution in [0.1, 0.15) is 29.2 Å². The molecule has 1 aliphatic heterocycles. The van der Waals surface area contributed by atoms with Gasteiger partial charge in [-0.1, -0.05) is 0 Å². The van der Waals surface area contributed by atoms with Crippen molar-refractivity contribution in [3.05, 3.63) is 45.9 Å². The van der Waals surface area contributed by atoms with Crippen LogP contribution in [-0.2, 0) is 13.0 Å². The van der Waals surface area contributed by atoms with E-state index in [9.17, 15) is 18.4 Å². The third kappa shape index (κ3) is 2.74. The van der Waals surface area contributed by atoms with Crippen LogP contribution in [0.5, 0.6) is 0 Å². The highest BCUT2D eigenvalue weighted by molar-refractivity contribution is 5.92. The van der Waals surface area contributed by atoms with E-state index >= 15 is 0 Å². The van der Waals surface area contributed by atoms with Crippen LogP contribution in [0.3, 0.4) is 0 Å². The highest BCUT2D eigenvalue weighted by Crippen LogP contribution is 2.13. The number of halogens is 2. The minimum atomic E-state index is -1.00. The Kier molecular flexibility index (Phi) is 3.70. The molecule has 0 aromatic carbocycles. The first-order valence-corrected chi connectivity index (χ1v) is 6.80. The fourth-order valence-corrected chi connectivity index (χ4v) is 2.48. The number of nitrogens with one attached hydrogen (secondary N) is 2. The lowest BCUT2D eigenvalue weighted by atomic mass is 10.1. The van der Waals surface area contributed by atoms with E-state index < -0.39 is 23.2 Å². The Hall–Kier alpha value is -2.58. The van der Waals surface area contributed by atoms with Crippen LogP contribution in [0.4, 0.5) is 8.78 Å². The van der Waals surface area contributed by atoms with Crippen molar-refractivity contribution >= 4 is 5.91 Å². The molecule has 1 aliphatic rings. The first-order chi connectivity index (χ1) is 10.5. The van der Waals surface area contributed by atoms with E-state index in [2.05, 4.69) is 20.5 Å². The summed E-state index contributed by atoms with van der Waals surface area (Å²) in [5.41, 5.74) is -0.727. The van der Waals surface area contributed by atoms with Gasteiger partial charge in [-0.25, -0.2) is 23.7 Å². The van der Waals surface area contributed by atoms with E-state index in [1.165, 1.54) is 4.57 Å². The number of hydrogen-bond donors (Lipinski definition) is 2. The average Bonchev–Trinajstić information content (AvgIpc) is 2.69. The molecule has 0 saturated heterocycles. The van der Waals surface area contributed by atoms with Gasteiger partial charge < -0.3 is 5.32 Å². The van der Waals surface area contributed by atoms with Gasteiger partial charge in [-0.15, -0.1) is 0 Å². The van der Waals surface area contributed by atoms with Crippen molar-refractivity contribution in [1.29, 1.82) is 0 Å². The van der Waals surface area contributed by atoms with Gasteiger partial charge in [0.25, 0.3) is 5.91 Å². The molecular formula is C13H13F2N5O2. The molecule has 0 saturated carbocycles. The Morgan fingerprint density at radius 3 is 3.00 bits per heavy atom. The molecule has 0 spiro atoms. The summed E-state index contributed by atoms with van der Waals surface area (Å²) in [6.45, 7) is 0.412. The van der Waals surface area contributed by atoms with E-state index in [1.807, 2.05) is 0 Å². The molecule has 2 N–H and O–H groups in total. The lowest BCUT2D eigenvalue weighted by molar-refractivity contribution is 0.0923. The predicted molar refractivity (Wildman–Crippen MR) is 71.2 cm³/mol. The summed E-state index contributed by atoms with van der Waals surface area (Å²) < 4.78 is 27.8. The number of carbonyl (C=O) groups is 1. The number of aromatic amines is 1. The maximum Gasteiger partial charge on any atom is 0.343 e. The molecule has 7 nitrogen and oxygen atoms in total. The number of amides is 1. The van der Waals surface area contributed by atoms with Gasteiger partial charge in [-0.05, 0) is 12.8 Å². The summed E-state index contributed by atoms with van der Waals surface area (Å²) in [6.07, 6.45) is 2.39. The van der Waals surface area contributed by atoms with Gasteiger partial charge in [-0.2, -0.15) is 5.10 Å². The van der Waals surface area contributed by atoms with Crippen molar-refractivity contribution in [3.63, 3.8) is 0 Å². The SMILES string of the molecule is O=C(NC1CCc2n[nH]c(=O)n2CC1)c1ncc(F)cc1F. The Balaban J connectivity index is 1.69.